The predicted octanol–water partition coefficient (Wildman–Crippen LogP) is 2.27. The highest BCUT2D eigenvalue weighted by Gasteiger charge is 2.03. The first-order valence-corrected chi connectivity index (χ1v) is 4.32. The third-order valence-electron chi connectivity index (χ3n) is 1.66. The van der Waals surface area contributed by atoms with Crippen molar-refractivity contribution in [1.82, 2.24) is 5.06 Å². The number of nitrogens with zero attached hydrogens (tertiary/aromatic N) is 1. The molecule has 3 nitrogen and oxygen atoms in total. The van der Waals surface area contributed by atoms with Gasteiger partial charge >= 0.3 is 0 Å². The molecule has 0 aliphatic rings. The van der Waals surface area contributed by atoms with Crippen LogP contribution in [-0.2, 0) is 9.63 Å². The Morgan fingerprint density at radius 1 is 1.54 bits per heavy atom. The summed E-state index contributed by atoms with van der Waals surface area (Å²) in [6.45, 7) is 9.44. The Kier molecular flexibility index (Phi) is 5.68. The Morgan fingerprint density at radius 3 is 2.62 bits per heavy atom. The zero-order chi connectivity index (χ0) is 10.3. The van der Waals surface area contributed by atoms with Crippen molar-refractivity contribution >= 4 is 6.29 Å². The van der Waals surface area contributed by atoms with Crippen molar-refractivity contribution in [1.29, 1.82) is 0 Å². The number of carbonyl (C=O) groups excluding carboxylic acids is 1. The molecule has 0 spiro atoms. The summed E-state index contributed by atoms with van der Waals surface area (Å²) in [4.78, 5) is 15.4. The van der Waals surface area contributed by atoms with E-state index in [-0.39, 0.29) is 0 Å². The molecule has 0 bridgehead atoms. The Balaban J connectivity index is 3.81. The number of aldehydes is 1. The van der Waals surface area contributed by atoms with Gasteiger partial charge in [-0.3, -0.25) is 0 Å². The molecule has 0 saturated heterocycles. The number of hydroxylamine groups is 2. The lowest BCUT2D eigenvalue weighted by atomic mass is 10.3. The number of rotatable bonds is 7. The number of hydrogen-bond acceptors (Lipinski definition) is 3. The zero-order valence-electron chi connectivity index (χ0n) is 8.38. The van der Waals surface area contributed by atoms with Gasteiger partial charge in [-0.05, 0) is 6.42 Å². The molecule has 0 heterocycles. The summed E-state index contributed by atoms with van der Waals surface area (Å²) in [6.07, 6.45) is 2.74. The first kappa shape index (κ1) is 11.8. The second kappa shape index (κ2) is 6.29. The van der Waals surface area contributed by atoms with Gasteiger partial charge in [-0.1, -0.05) is 20.1 Å². The summed E-state index contributed by atoms with van der Waals surface area (Å²) in [5, 5.41) is 1.55. The van der Waals surface area contributed by atoms with E-state index in [0.29, 0.717) is 18.6 Å². The molecule has 0 radical (unpaired) electrons. The monoisotopic (exact) mass is 183 g/mol. The molecule has 0 fully saturated rings. The van der Waals surface area contributed by atoms with Gasteiger partial charge < -0.3 is 9.63 Å². The van der Waals surface area contributed by atoms with Crippen LogP contribution >= 0.6 is 0 Å². The van der Waals surface area contributed by atoms with Crippen LogP contribution in [-0.4, -0.2) is 18.4 Å². The zero-order valence-corrected chi connectivity index (χ0v) is 8.38. The molecule has 0 aromatic carbocycles. The molecule has 0 aromatic rings. The fourth-order valence-corrected chi connectivity index (χ4v) is 0.706. The minimum absolute atomic E-state index is 0.477. The molecule has 3 heteroatoms. The Labute approximate surface area is 79.6 Å². The highest BCUT2D eigenvalue weighted by Crippen LogP contribution is 2.10. The highest BCUT2D eigenvalue weighted by molar-refractivity contribution is 5.49. The lowest BCUT2D eigenvalue weighted by Crippen LogP contribution is -2.17. The van der Waals surface area contributed by atoms with Crippen LogP contribution in [0.25, 0.3) is 0 Å². The van der Waals surface area contributed by atoms with E-state index in [0.717, 1.165) is 18.4 Å². The van der Waals surface area contributed by atoms with Crippen molar-refractivity contribution in [3.63, 3.8) is 0 Å². The minimum atomic E-state index is 0.477. The SMILES string of the molecule is C=C(CC)ON(C)C(=C)CCC=O. The second-order valence-electron chi connectivity index (χ2n) is 2.75. The lowest BCUT2D eigenvalue weighted by Gasteiger charge is -2.21. The van der Waals surface area contributed by atoms with Gasteiger partial charge in [-0.2, -0.15) is 0 Å². The van der Waals surface area contributed by atoms with E-state index < -0.39 is 0 Å². The van der Waals surface area contributed by atoms with Gasteiger partial charge in [0, 0.05) is 25.6 Å². The fraction of sp³-hybridized carbons (Fsp3) is 0.500. The third-order valence-corrected chi connectivity index (χ3v) is 1.66. The van der Waals surface area contributed by atoms with Gasteiger partial charge in [0.15, 0.2) is 0 Å². The number of carbonyl (C=O) groups is 1. The molecule has 0 aromatic heterocycles. The highest BCUT2D eigenvalue weighted by atomic mass is 16.7. The van der Waals surface area contributed by atoms with Gasteiger partial charge in [-0.15, -0.1) is 0 Å². The van der Waals surface area contributed by atoms with E-state index in [1.54, 1.807) is 12.1 Å². The Hall–Kier alpha value is -1.25. The number of allylic oxidation sites excluding steroid dienone is 2. The van der Waals surface area contributed by atoms with E-state index in [1.165, 1.54) is 0 Å². The van der Waals surface area contributed by atoms with Crippen molar-refractivity contribution in [2.75, 3.05) is 7.05 Å². The summed E-state index contributed by atoms with van der Waals surface area (Å²) in [5.41, 5.74) is 0.779. The number of hydrogen-bond donors (Lipinski definition) is 0. The molecule has 0 atom stereocenters. The van der Waals surface area contributed by atoms with E-state index in [4.69, 9.17) is 4.84 Å². The van der Waals surface area contributed by atoms with Crippen molar-refractivity contribution in [3.8, 4) is 0 Å². The van der Waals surface area contributed by atoms with Gasteiger partial charge in [-0.25, -0.2) is 5.06 Å². The lowest BCUT2D eigenvalue weighted by molar-refractivity contribution is -0.108. The molecule has 13 heavy (non-hydrogen) atoms. The first-order chi connectivity index (χ1) is 6.11. The fourth-order valence-electron chi connectivity index (χ4n) is 0.706. The van der Waals surface area contributed by atoms with Crippen LogP contribution in [0.5, 0.6) is 0 Å². The predicted molar refractivity (Wildman–Crippen MR) is 52.7 cm³/mol. The standard InChI is InChI=1S/C10H17NO2/c1-5-10(3)13-11(4)9(2)7-6-8-12/h8H,2-3,5-7H2,1,4H3. The summed E-state index contributed by atoms with van der Waals surface area (Å²) in [5.74, 6) is 0.690. The summed E-state index contributed by atoms with van der Waals surface area (Å²) in [6, 6.07) is 0. The van der Waals surface area contributed by atoms with Gasteiger partial charge in [0.25, 0.3) is 0 Å². The van der Waals surface area contributed by atoms with Crippen LogP contribution in [0.1, 0.15) is 26.2 Å². The summed E-state index contributed by atoms with van der Waals surface area (Å²) >= 11 is 0. The molecule has 0 amide bonds. The van der Waals surface area contributed by atoms with E-state index in [2.05, 4.69) is 13.2 Å². The smallest absolute Gasteiger partial charge is 0.124 e. The van der Waals surface area contributed by atoms with E-state index in [9.17, 15) is 4.79 Å². The van der Waals surface area contributed by atoms with Crippen molar-refractivity contribution < 1.29 is 9.63 Å². The van der Waals surface area contributed by atoms with E-state index in [1.807, 2.05) is 6.92 Å². The molecule has 0 aliphatic heterocycles. The van der Waals surface area contributed by atoms with Crippen LogP contribution in [0, 0.1) is 0 Å². The van der Waals surface area contributed by atoms with Gasteiger partial charge in [0.2, 0.25) is 0 Å². The molecule has 0 rings (SSSR count). The van der Waals surface area contributed by atoms with E-state index >= 15 is 0 Å². The molecule has 0 unspecified atom stereocenters. The Morgan fingerprint density at radius 2 is 2.15 bits per heavy atom. The molecular weight excluding hydrogens is 166 g/mol. The average Bonchev–Trinajstić information content (AvgIpc) is 2.13. The van der Waals surface area contributed by atoms with Crippen LogP contribution < -0.4 is 0 Å². The Bertz CT molecular complexity index is 199. The summed E-state index contributed by atoms with van der Waals surface area (Å²) < 4.78 is 0. The quantitative estimate of drug-likeness (QED) is 0.344. The second-order valence-corrected chi connectivity index (χ2v) is 2.75. The average molecular weight is 183 g/mol. The molecule has 0 N–H and O–H groups in total. The molecule has 0 aliphatic carbocycles. The maximum atomic E-state index is 10.1. The van der Waals surface area contributed by atoms with Gasteiger partial charge in [0.1, 0.15) is 12.0 Å². The van der Waals surface area contributed by atoms with Crippen molar-refractivity contribution in [2.45, 2.75) is 26.2 Å². The first-order valence-electron chi connectivity index (χ1n) is 4.32. The van der Waals surface area contributed by atoms with Crippen LogP contribution in [0.2, 0.25) is 0 Å². The van der Waals surface area contributed by atoms with Crippen LogP contribution in [0.4, 0.5) is 0 Å². The maximum absolute atomic E-state index is 10.1. The molecule has 0 saturated carbocycles. The van der Waals surface area contributed by atoms with Crippen LogP contribution in [0.3, 0.4) is 0 Å². The van der Waals surface area contributed by atoms with Crippen molar-refractivity contribution in [2.24, 2.45) is 0 Å². The van der Waals surface area contributed by atoms with Crippen LogP contribution in [0.15, 0.2) is 24.6 Å². The largest absolute Gasteiger partial charge is 0.385 e. The van der Waals surface area contributed by atoms with Gasteiger partial charge in [0.05, 0.1) is 0 Å². The maximum Gasteiger partial charge on any atom is 0.124 e. The molecular formula is C10H17NO2. The summed E-state index contributed by atoms with van der Waals surface area (Å²) in [7, 11) is 1.76. The third kappa shape index (κ3) is 5.06. The molecule has 74 valence electrons. The topological polar surface area (TPSA) is 29.5 Å². The normalized spacial score (nSPS) is 9.08. The van der Waals surface area contributed by atoms with Crippen molar-refractivity contribution in [3.05, 3.63) is 24.6 Å². The minimum Gasteiger partial charge on any atom is -0.385 e.